The van der Waals surface area contributed by atoms with Crippen molar-refractivity contribution in [1.82, 2.24) is 5.48 Å². The molecule has 0 spiro atoms. The molecule has 0 atom stereocenters. The number of hydrogen-bond acceptors (Lipinski definition) is 3. The van der Waals surface area contributed by atoms with Gasteiger partial charge in [-0.3, -0.25) is 0 Å². The van der Waals surface area contributed by atoms with E-state index in [1.54, 1.807) is 36.4 Å². The van der Waals surface area contributed by atoms with Crippen molar-refractivity contribution >= 4 is 17.8 Å². The minimum absolute atomic E-state index is 0.231. The number of nitrogens with one attached hydrogen (secondary N) is 1. The highest BCUT2D eigenvalue weighted by molar-refractivity contribution is 7.99. The first-order valence-electron chi connectivity index (χ1n) is 5.96. The van der Waals surface area contributed by atoms with E-state index in [0.717, 1.165) is 9.79 Å². The number of rotatable bonds is 5. The molecule has 0 aliphatic carbocycles. The Balaban J connectivity index is 2.26. The maximum absolute atomic E-state index is 13.8. The van der Waals surface area contributed by atoms with Crippen LogP contribution in [0.1, 0.15) is 5.56 Å². The smallest absolute Gasteiger partial charge is 0.131 e. The molecule has 2 N–H and O–H groups in total. The molecule has 5 heteroatoms. The molecule has 2 rings (SSSR count). The Hall–Kier alpha value is -1.69. The van der Waals surface area contributed by atoms with Crippen molar-refractivity contribution in [2.75, 3.05) is 6.54 Å². The van der Waals surface area contributed by atoms with Gasteiger partial charge in [-0.1, -0.05) is 30.0 Å². The van der Waals surface area contributed by atoms with Gasteiger partial charge in [-0.25, -0.2) is 14.3 Å². The van der Waals surface area contributed by atoms with E-state index in [0.29, 0.717) is 5.56 Å². The molecular formula is C15H13F2NOS. The highest BCUT2D eigenvalue weighted by Crippen LogP contribution is 2.32. The van der Waals surface area contributed by atoms with E-state index < -0.39 is 0 Å². The van der Waals surface area contributed by atoms with Gasteiger partial charge < -0.3 is 5.21 Å². The number of hydroxylamine groups is 1. The van der Waals surface area contributed by atoms with Gasteiger partial charge >= 0.3 is 0 Å². The summed E-state index contributed by atoms with van der Waals surface area (Å²) < 4.78 is 26.7. The first-order valence-corrected chi connectivity index (χ1v) is 6.78. The van der Waals surface area contributed by atoms with Crippen molar-refractivity contribution in [3.8, 4) is 0 Å². The summed E-state index contributed by atoms with van der Waals surface area (Å²) in [6, 6.07) is 10.8. The van der Waals surface area contributed by atoms with Crippen molar-refractivity contribution < 1.29 is 14.0 Å². The van der Waals surface area contributed by atoms with Crippen LogP contribution in [-0.4, -0.2) is 11.8 Å². The summed E-state index contributed by atoms with van der Waals surface area (Å²) in [5.41, 5.74) is 2.42. The second-order valence-electron chi connectivity index (χ2n) is 3.97. The number of halogens is 2. The average Bonchev–Trinajstić information content (AvgIpc) is 2.44. The lowest BCUT2D eigenvalue weighted by Crippen LogP contribution is -2.05. The third kappa shape index (κ3) is 3.90. The van der Waals surface area contributed by atoms with E-state index in [4.69, 9.17) is 5.21 Å². The molecule has 0 aromatic heterocycles. The molecule has 0 fully saturated rings. The molecule has 2 aromatic carbocycles. The maximum Gasteiger partial charge on any atom is 0.131 e. The van der Waals surface area contributed by atoms with E-state index in [1.165, 1.54) is 30.0 Å². The summed E-state index contributed by atoms with van der Waals surface area (Å²) in [4.78, 5) is 1.55. The zero-order valence-corrected chi connectivity index (χ0v) is 11.3. The van der Waals surface area contributed by atoms with E-state index >= 15 is 0 Å². The lowest BCUT2D eigenvalue weighted by atomic mass is 10.2. The Labute approximate surface area is 120 Å². The molecule has 2 aromatic rings. The Kier molecular flexibility index (Phi) is 5.29. The van der Waals surface area contributed by atoms with Crippen molar-refractivity contribution in [1.29, 1.82) is 0 Å². The quantitative estimate of drug-likeness (QED) is 0.814. The molecule has 0 radical (unpaired) electrons. The Bertz CT molecular complexity index is 599. The van der Waals surface area contributed by atoms with Gasteiger partial charge in [0.25, 0.3) is 0 Å². The molecule has 104 valence electrons. The molecule has 0 bridgehead atoms. The van der Waals surface area contributed by atoms with Crippen LogP contribution in [0.4, 0.5) is 8.78 Å². The Morgan fingerprint density at radius 3 is 2.55 bits per heavy atom. The number of hydrogen-bond donors (Lipinski definition) is 2. The summed E-state index contributed by atoms with van der Waals surface area (Å²) in [5, 5.41) is 8.51. The van der Waals surface area contributed by atoms with Crippen LogP contribution in [0.3, 0.4) is 0 Å². The molecule has 2 nitrogen and oxygen atoms in total. The van der Waals surface area contributed by atoms with Gasteiger partial charge in [-0.05, 0) is 36.4 Å². The predicted octanol–water partition coefficient (Wildman–Crippen LogP) is 4.11. The largest absolute Gasteiger partial charge is 0.317 e. The van der Waals surface area contributed by atoms with Gasteiger partial charge in [-0.15, -0.1) is 0 Å². The van der Waals surface area contributed by atoms with Crippen molar-refractivity contribution in [3.63, 3.8) is 0 Å². The summed E-state index contributed by atoms with van der Waals surface area (Å²) in [6.07, 6.45) is 3.22. The van der Waals surface area contributed by atoms with Crippen LogP contribution in [0.25, 0.3) is 6.08 Å². The minimum Gasteiger partial charge on any atom is -0.317 e. The van der Waals surface area contributed by atoms with Crippen LogP contribution in [0, 0.1) is 11.6 Å². The predicted molar refractivity (Wildman–Crippen MR) is 75.7 cm³/mol. The first kappa shape index (κ1) is 14.7. The fraction of sp³-hybridized carbons (Fsp3) is 0.0667. The number of benzene rings is 2. The zero-order valence-electron chi connectivity index (χ0n) is 10.5. The van der Waals surface area contributed by atoms with Gasteiger partial charge in [-0.2, -0.15) is 0 Å². The summed E-state index contributed by atoms with van der Waals surface area (Å²) in [7, 11) is 0. The third-order valence-electron chi connectivity index (χ3n) is 2.55. The molecule has 0 aliphatic heterocycles. The second kappa shape index (κ2) is 7.19. The molecule has 0 unspecified atom stereocenters. The zero-order chi connectivity index (χ0) is 14.4. The lowest BCUT2D eigenvalue weighted by Gasteiger charge is -2.07. The van der Waals surface area contributed by atoms with Crippen molar-refractivity contribution in [2.24, 2.45) is 0 Å². The molecule has 0 aliphatic rings. The maximum atomic E-state index is 13.8. The average molecular weight is 293 g/mol. The van der Waals surface area contributed by atoms with Crippen LogP contribution in [0.15, 0.2) is 58.3 Å². The lowest BCUT2D eigenvalue weighted by molar-refractivity contribution is 0.180. The summed E-state index contributed by atoms with van der Waals surface area (Å²) in [6.45, 7) is 0.231. The van der Waals surface area contributed by atoms with Gasteiger partial charge in [0.1, 0.15) is 11.6 Å². The molecule has 20 heavy (non-hydrogen) atoms. The summed E-state index contributed by atoms with van der Waals surface area (Å²) >= 11 is 1.35. The molecule has 0 saturated heterocycles. The van der Waals surface area contributed by atoms with Gasteiger partial charge in [0, 0.05) is 21.9 Å². The third-order valence-corrected chi connectivity index (χ3v) is 3.63. The fourth-order valence-electron chi connectivity index (χ4n) is 1.63. The summed E-state index contributed by atoms with van der Waals surface area (Å²) in [5.74, 6) is -0.644. The van der Waals surface area contributed by atoms with Gasteiger partial charge in [0.15, 0.2) is 0 Å². The normalized spacial score (nSPS) is 11.2. The van der Waals surface area contributed by atoms with Crippen molar-refractivity contribution in [3.05, 3.63) is 65.7 Å². The van der Waals surface area contributed by atoms with Crippen LogP contribution in [-0.2, 0) is 0 Å². The second-order valence-corrected chi connectivity index (χ2v) is 5.09. The van der Waals surface area contributed by atoms with Crippen LogP contribution in [0.5, 0.6) is 0 Å². The highest BCUT2D eigenvalue weighted by Gasteiger charge is 2.07. The van der Waals surface area contributed by atoms with E-state index in [1.807, 2.05) is 5.48 Å². The molecule has 0 heterocycles. The standard InChI is InChI=1S/C15H13F2NOS/c16-11-6-8-12(9-7-11)20-15-5-1-4-14(17)13(15)3-2-10-18-19/h1-9,18-19H,10H2. The van der Waals surface area contributed by atoms with Crippen molar-refractivity contribution in [2.45, 2.75) is 9.79 Å². The van der Waals surface area contributed by atoms with Gasteiger partial charge in [0.2, 0.25) is 0 Å². The van der Waals surface area contributed by atoms with E-state index in [2.05, 4.69) is 0 Å². The molecule has 0 amide bonds. The topological polar surface area (TPSA) is 32.3 Å². The first-order chi connectivity index (χ1) is 9.70. The van der Waals surface area contributed by atoms with Gasteiger partial charge in [0.05, 0.1) is 0 Å². The van der Waals surface area contributed by atoms with E-state index in [-0.39, 0.29) is 18.2 Å². The minimum atomic E-state index is -0.341. The Morgan fingerprint density at radius 1 is 1.10 bits per heavy atom. The van der Waals surface area contributed by atoms with Crippen LogP contribution < -0.4 is 5.48 Å². The highest BCUT2D eigenvalue weighted by atomic mass is 32.2. The Morgan fingerprint density at radius 2 is 1.85 bits per heavy atom. The monoisotopic (exact) mass is 293 g/mol. The van der Waals surface area contributed by atoms with Crippen LogP contribution in [0.2, 0.25) is 0 Å². The SMILES string of the molecule is ONCC=Cc1c(F)cccc1Sc1ccc(F)cc1. The fourth-order valence-corrected chi connectivity index (χ4v) is 2.58. The van der Waals surface area contributed by atoms with Crippen LogP contribution >= 0.6 is 11.8 Å². The molecular weight excluding hydrogens is 280 g/mol. The molecule has 0 saturated carbocycles. The van der Waals surface area contributed by atoms with E-state index in [9.17, 15) is 8.78 Å².